The normalized spacial score (nSPS) is 12.2. The Hall–Kier alpha value is -3.93. The molecule has 3 rings (SSSR count). The van der Waals surface area contributed by atoms with E-state index >= 15 is 0 Å². The topological polar surface area (TPSA) is 87.8 Å². The Labute approximate surface area is 182 Å². The standard InChI is InChI=1S/C23H19F3N4O2/c1-13(19-8-7-15(10-27)11-29-19)30-12-18(22(32)28-3)21(31)20(14(30)2)16-5-4-6-17(9-16)23(24,25)26/h4-9,11-13H,1-3H3,(H,28,32). The van der Waals surface area contributed by atoms with Gasteiger partial charge in [0.05, 0.1) is 22.9 Å². The Morgan fingerprint density at radius 3 is 2.53 bits per heavy atom. The van der Waals surface area contributed by atoms with Gasteiger partial charge < -0.3 is 9.88 Å². The second-order valence-corrected chi connectivity index (χ2v) is 7.16. The maximum atomic E-state index is 13.3. The van der Waals surface area contributed by atoms with Gasteiger partial charge in [0.1, 0.15) is 11.6 Å². The molecule has 0 spiro atoms. The van der Waals surface area contributed by atoms with Crippen LogP contribution in [0.1, 0.15) is 45.8 Å². The van der Waals surface area contributed by atoms with Crippen molar-refractivity contribution >= 4 is 5.91 Å². The minimum absolute atomic E-state index is 0.00213. The van der Waals surface area contributed by atoms with Crippen LogP contribution in [0.2, 0.25) is 0 Å². The van der Waals surface area contributed by atoms with Crippen LogP contribution < -0.4 is 10.7 Å². The molecule has 1 aromatic carbocycles. The Bertz CT molecular complexity index is 1270. The van der Waals surface area contributed by atoms with Crippen LogP contribution >= 0.6 is 0 Å². The zero-order chi connectivity index (χ0) is 23.6. The summed E-state index contributed by atoms with van der Waals surface area (Å²) in [4.78, 5) is 29.8. The van der Waals surface area contributed by atoms with Crippen molar-refractivity contribution in [3.8, 4) is 17.2 Å². The quantitative estimate of drug-likeness (QED) is 0.662. The van der Waals surface area contributed by atoms with Gasteiger partial charge in [-0.15, -0.1) is 0 Å². The van der Waals surface area contributed by atoms with Gasteiger partial charge in [0.15, 0.2) is 0 Å². The van der Waals surface area contributed by atoms with Crippen molar-refractivity contribution in [2.45, 2.75) is 26.1 Å². The molecule has 2 aromatic heterocycles. The van der Waals surface area contributed by atoms with E-state index in [4.69, 9.17) is 5.26 Å². The van der Waals surface area contributed by atoms with Crippen LogP contribution in [0.25, 0.3) is 11.1 Å². The lowest BCUT2D eigenvalue weighted by molar-refractivity contribution is -0.137. The van der Waals surface area contributed by atoms with Crippen LogP contribution in [-0.2, 0) is 6.18 Å². The summed E-state index contributed by atoms with van der Waals surface area (Å²) < 4.78 is 41.4. The molecule has 0 aliphatic carbocycles. The van der Waals surface area contributed by atoms with E-state index in [1.165, 1.54) is 31.6 Å². The summed E-state index contributed by atoms with van der Waals surface area (Å²) >= 11 is 0. The zero-order valence-electron chi connectivity index (χ0n) is 17.5. The molecule has 0 saturated heterocycles. The predicted octanol–water partition coefficient (Wildman–Crippen LogP) is 4.08. The molecule has 164 valence electrons. The van der Waals surface area contributed by atoms with Crippen molar-refractivity contribution in [2.24, 2.45) is 0 Å². The van der Waals surface area contributed by atoms with Gasteiger partial charge in [0, 0.05) is 30.7 Å². The molecule has 1 amide bonds. The van der Waals surface area contributed by atoms with E-state index in [0.717, 1.165) is 12.1 Å². The van der Waals surface area contributed by atoms with Gasteiger partial charge in [0.2, 0.25) is 5.43 Å². The number of halogens is 3. The number of carbonyl (C=O) groups excluding carboxylic acids is 1. The number of nitrogens with zero attached hydrogens (tertiary/aromatic N) is 3. The summed E-state index contributed by atoms with van der Waals surface area (Å²) in [7, 11) is 1.36. The molecule has 0 fully saturated rings. The lowest BCUT2D eigenvalue weighted by Crippen LogP contribution is -2.29. The highest BCUT2D eigenvalue weighted by Gasteiger charge is 2.31. The first-order valence-electron chi connectivity index (χ1n) is 9.60. The van der Waals surface area contributed by atoms with Crippen molar-refractivity contribution in [3.63, 3.8) is 0 Å². The number of hydrogen-bond acceptors (Lipinski definition) is 4. The highest BCUT2D eigenvalue weighted by molar-refractivity contribution is 5.95. The molecule has 0 saturated carbocycles. The molecule has 0 aliphatic heterocycles. The van der Waals surface area contributed by atoms with E-state index in [0.29, 0.717) is 17.0 Å². The van der Waals surface area contributed by atoms with Crippen molar-refractivity contribution in [1.82, 2.24) is 14.9 Å². The molecule has 1 unspecified atom stereocenters. The molecule has 1 N–H and O–H groups in total. The molecule has 0 bridgehead atoms. The van der Waals surface area contributed by atoms with Gasteiger partial charge in [0.25, 0.3) is 5.91 Å². The summed E-state index contributed by atoms with van der Waals surface area (Å²) in [6.07, 6.45) is -1.81. The molecule has 32 heavy (non-hydrogen) atoms. The summed E-state index contributed by atoms with van der Waals surface area (Å²) in [5.74, 6) is -0.656. The molecule has 3 aromatic rings. The SMILES string of the molecule is CNC(=O)c1cn(C(C)c2ccc(C#N)cn2)c(C)c(-c2cccc(C(F)(F)F)c2)c1=O. The van der Waals surface area contributed by atoms with E-state index in [9.17, 15) is 22.8 Å². The second-order valence-electron chi connectivity index (χ2n) is 7.16. The number of nitriles is 1. The Balaban J connectivity index is 2.27. The summed E-state index contributed by atoms with van der Waals surface area (Å²) in [6, 6.07) is 9.17. The van der Waals surface area contributed by atoms with Crippen molar-refractivity contribution in [1.29, 1.82) is 5.26 Å². The van der Waals surface area contributed by atoms with Crippen molar-refractivity contribution in [3.05, 3.63) is 87.1 Å². The summed E-state index contributed by atoms with van der Waals surface area (Å²) in [6.45, 7) is 3.38. The van der Waals surface area contributed by atoms with Gasteiger partial charge in [-0.3, -0.25) is 14.6 Å². The first-order valence-corrected chi connectivity index (χ1v) is 9.60. The average molecular weight is 440 g/mol. The highest BCUT2D eigenvalue weighted by atomic mass is 19.4. The molecular weight excluding hydrogens is 421 g/mol. The molecule has 2 heterocycles. The van der Waals surface area contributed by atoms with Crippen molar-refractivity contribution < 1.29 is 18.0 Å². The third-order valence-electron chi connectivity index (χ3n) is 5.20. The molecule has 0 radical (unpaired) electrons. The Morgan fingerprint density at radius 2 is 1.97 bits per heavy atom. The van der Waals surface area contributed by atoms with Crippen LogP contribution in [-0.4, -0.2) is 22.5 Å². The van der Waals surface area contributed by atoms with Gasteiger partial charge in [-0.2, -0.15) is 18.4 Å². The van der Waals surface area contributed by atoms with Crippen LogP contribution in [0.5, 0.6) is 0 Å². The smallest absolute Gasteiger partial charge is 0.355 e. The monoisotopic (exact) mass is 440 g/mol. The third kappa shape index (κ3) is 4.25. The number of rotatable bonds is 4. The predicted molar refractivity (Wildman–Crippen MR) is 112 cm³/mol. The first kappa shape index (κ1) is 22.7. The van der Waals surface area contributed by atoms with E-state index in [1.807, 2.05) is 6.07 Å². The summed E-state index contributed by atoms with van der Waals surface area (Å²) in [5, 5.41) is 11.4. The van der Waals surface area contributed by atoms with E-state index in [2.05, 4.69) is 10.3 Å². The Morgan fingerprint density at radius 1 is 1.25 bits per heavy atom. The number of benzene rings is 1. The van der Waals surface area contributed by atoms with Crippen LogP contribution in [0, 0.1) is 18.3 Å². The fourth-order valence-corrected chi connectivity index (χ4v) is 3.47. The van der Waals surface area contributed by atoms with Crippen molar-refractivity contribution in [2.75, 3.05) is 7.05 Å². The number of hydrogen-bond donors (Lipinski definition) is 1. The average Bonchev–Trinajstić information content (AvgIpc) is 2.78. The molecule has 9 heteroatoms. The zero-order valence-corrected chi connectivity index (χ0v) is 17.5. The molecule has 1 atom stereocenters. The summed E-state index contributed by atoms with van der Waals surface area (Å²) in [5.41, 5.74) is -0.419. The number of nitrogens with one attached hydrogen (secondary N) is 1. The highest BCUT2D eigenvalue weighted by Crippen LogP contribution is 2.33. The number of pyridine rings is 2. The number of alkyl halides is 3. The van der Waals surface area contributed by atoms with Crippen LogP contribution in [0.4, 0.5) is 13.2 Å². The molecular formula is C23H19F3N4O2. The minimum Gasteiger partial charge on any atom is -0.355 e. The number of carbonyl (C=O) groups is 1. The van der Waals surface area contributed by atoms with Gasteiger partial charge >= 0.3 is 6.18 Å². The van der Waals surface area contributed by atoms with E-state index in [1.54, 1.807) is 30.5 Å². The maximum absolute atomic E-state index is 13.3. The van der Waals surface area contributed by atoms with Gasteiger partial charge in [-0.05, 0) is 43.7 Å². The van der Waals surface area contributed by atoms with Crippen LogP contribution in [0.15, 0.2) is 53.6 Å². The number of amides is 1. The Kier molecular flexibility index (Phi) is 6.16. The lowest BCUT2D eigenvalue weighted by atomic mass is 9.98. The maximum Gasteiger partial charge on any atom is 0.416 e. The van der Waals surface area contributed by atoms with E-state index < -0.39 is 29.1 Å². The fraction of sp³-hybridized carbons (Fsp3) is 0.217. The van der Waals surface area contributed by atoms with Gasteiger partial charge in [-0.1, -0.05) is 12.1 Å². The first-order chi connectivity index (χ1) is 15.1. The molecule has 6 nitrogen and oxygen atoms in total. The second kappa shape index (κ2) is 8.67. The van der Waals surface area contributed by atoms with Gasteiger partial charge in [-0.25, -0.2) is 0 Å². The largest absolute Gasteiger partial charge is 0.416 e. The molecule has 0 aliphatic rings. The third-order valence-corrected chi connectivity index (χ3v) is 5.20. The van der Waals surface area contributed by atoms with Crippen LogP contribution in [0.3, 0.4) is 0 Å². The fourth-order valence-electron chi connectivity index (χ4n) is 3.47. The van der Waals surface area contributed by atoms with E-state index in [-0.39, 0.29) is 16.7 Å². The lowest BCUT2D eigenvalue weighted by Gasteiger charge is -2.22. The minimum atomic E-state index is -4.58. The number of aromatic nitrogens is 2.